The number of nitriles is 1. The van der Waals surface area contributed by atoms with E-state index in [-0.39, 0.29) is 5.56 Å². The minimum atomic E-state index is -0.534. The van der Waals surface area contributed by atoms with Gasteiger partial charge in [0.05, 0.1) is 24.1 Å². The topological polar surface area (TPSA) is 62.9 Å². The highest BCUT2D eigenvalue weighted by molar-refractivity contribution is 5.67. The third-order valence-corrected chi connectivity index (χ3v) is 6.03. The summed E-state index contributed by atoms with van der Waals surface area (Å²) >= 11 is 0. The van der Waals surface area contributed by atoms with Crippen LogP contribution in [0.5, 0.6) is 5.75 Å². The highest BCUT2D eigenvalue weighted by Crippen LogP contribution is 2.31. The first-order valence-corrected chi connectivity index (χ1v) is 10.8. The van der Waals surface area contributed by atoms with E-state index in [1.54, 1.807) is 17.9 Å². The molecule has 0 spiro atoms. The highest BCUT2D eigenvalue weighted by Gasteiger charge is 2.20. The number of ether oxygens (including phenoxy) is 1. The van der Waals surface area contributed by atoms with Crippen molar-refractivity contribution in [2.24, 2.45) is 11.8 Å². The molecular weight excluding hydrogens is 391 g/mol. The summed E-state index contributed by atoms with van der Waals surface area (Å²) in [6, 6.07) is 16.0. The fourth-order valence-electron chi connectivity index (χ4n) is 4.35. The number of nitrogens with one attached hydrogen (secondary N) is 1. The number of benzene rings is 2. The zero-order valence-corrected chi connectivity index (χ0v) is 17.9. The molecule has 0 radical (unpaired) electrons. The zero-order valence-electron chi connectivity index (χ0n) is 17.9. The van der Waals surface area contributed by atoms with Gasteiger partial charge in [-0.25, -0.2) is 9.07 Å². The maximum absolute atomic E-state index is 14.3. The molecular formula is C25H27FN4O. The maximum atomic E-state index is 14.3. The Kier molecular flexibility index (Phi) is 6.22. The van der Waals surface area contributed by atoms with Gasteiger partial charge in [-0.1, -0.05) is 25.8 Å². The molecule has 1 saturated carbocycles. The smallest absolute Gasteiger partial charge is 0.149 e. The summed E-state index contributed by atoms with van der Waals surface area (Å²) in [5, 5.41) is 17.3. The quantitative estimate of drug-likeness (QED) is 0.550. The standard InChI is InChI=1S/C25H27FN4O/c1-17-4-3-5-18(12-17)16-28-25-14-24(19-6-7-20(15-27)23(26)13-19)30(29-25)21-8-10-22(31-2)11-9-21/h6-11,13-14,17-18H,3-5,12,16H2,1-2H3,(H,28,29)/t17-,18-/m1/s1. The molecule has 0 unspecified atom stereocenters. The number of methoxy groups -OCH3 is 1. The van der Waals surface area contributed by atoms with Gasteiger partial charge in [0.1, 0.15) is 23.5 Å². The second kappa shape index (κ2) is 9.22. The molecule has 2 atom stereocenters. The van der Waals surface area contributed by atoms with E-state index in [0.717, 1.165) is 35.4 Å². The number of aromatic nitrogens is 2. The van der Waals surface area contributed by atoms with Crippen molar-refractivity contribution in [1.82, 2.24) is 9.78 Å². The Balaban J connectivity index is 1.66. The average Bonchev–Trinajstić information content (AvgIpc) is 3.22. The van der Waals surface area contributed by atoms with Gasteiger partial charge < -0.3 is 10.1 Å². The van der Waals surface area contributed by atoms with Crippen LogP contribution in [-0.2, 0) is 0 Å². The predicted octanol–water partition coefficient (Wildman–Crippen LogP) is 5.80. The van der Waals surface area contributed by atoms with Crippen LogP contribution >= 0.6 is 0 Å². The lowest BCUT2D eigenvalue weighted by atomic mass is 9.82. The fraction of sp³-hybridized carbons (Fsp3) is 0.360. The van der Waals surface area contributed by atoms with E-state index in [2.05, 4.69) is 12.2 Å². The van der Waals surface area contributed by atoms with Crippen LogP contribution in [0.25, 0.3) is 16.9 Å². The second-order valence-corrected chi connectivity index (χ2v) is 8.35. The minimum absolute atomic E-state index is 0.0315. The molecule has 4 rings (SSSR count). The first kappa shape index (κ1) is 20.9. The predicted molar refractivity (Wildman–Crippen MR) is 120 cm³/mol. The molecule has 1 aromatic heterocycles. The normalized spacial score (nSPS) is 18.4. The van der Waals surface area contributed by atoms with Crippen molar-refractivity contribution < 1.29 is 9.13 Å². The molecule has 5 nitrogen and oxygen atoms in total. The lowest BCUT2D eigenvalue weighted by Crippen LogP contribution is -2.21. The Morgan fingerprint density at radius 1 is 1.19 bits per heavy atom. The van der Waals surface area contributed by atoms with Crippen molar-refractivity contribution in [3.05, 3.63) is 59.9 Å². The summed E-state index contributed by atoms with van der Waals surface area (Å²) in [7, 11) is 1.63. The summed E-state index contributed by atoms with van der Waals surface area (Å²) in [6.07, 6.45) is 5.07. The van der Waals surface area contributed by atoms with Crippen LogP contribution in [0.3, 0.4) is 0 Å². The van der Waals surface area contributed by atoms with E-state index in [1.807, 2.05) is 36.4 Å². The maximum Gasteiger partial charge on any atom is 0.149 e. The summed E-state index contributed by atoms with van der Waals surface area (Å²) in [4.78, 5) is 0. The monoisotopic (exact) mass is 418 g/mol. The molecule has 2 aromatic carbocycles. The van der Waals surface area contributed by atoms with E-state index in [9.17, 15) is 4.39 Å². The van der Waals surface area contributed by atoms with Gasteiger partial charge in [-0.3, -0.25) is 0 Å². The SMILES string of the molecule is COc1ccc(-n2nc(NC[C@@H]3CCC[C@@H](C)C3)cc2-c2ccc(C#N)c(F)c2)cc1. The first-order chi connectivity index (χ1) is 15.1. The molecule has 1 N–H and O–H groups in total. The molecule has 1 aliphatic rings. The Morgan fingerprint density at radius 2 is 2.00 bits per heavy atom. The van der Waals surface area contributed by atoms with Gasteiger partial charge >= 0.3 is 0 Å². The van der Waals surface area contributed by atoms with E-state index >= 15 is 0 Å². The summed E-state index contributed by atoms with van der Waals surface area (Å²) in [5.74, 6) is 2.40. The molecule has 160 valence electrons. The lowest BCUT2D eigenvalue weighted by Gasteiger charge is -2.26. The number of nitrogens with zero attached hydrogens (tertiary/aromatic N) is 3. The van der Waals surface area contributed by atoms with Crippen LogP contribution in [0.4, 0.5) is 10.2 Å². The number of rotatable bonds is 6. The zero-order chi connectivity index (χ0) is 21.8. The molecule has 31 heavy (non-hydrogen) atoms. The molecule has 6 heteroatoms. The van der Waals surface area contributed by atoms with Crippen molar-refractivity contribution >= 4 is 5.82 Å². The van der Waals surface area contributed by atoms with Crippen LogP contribution in [0.1, 0.15) is 38.2 Å². The number of hydrogen-bond donors (Lipinski definition) is 1. The van der Waals surface area contributed by atoms with Crippen molar-refractivity contribution in [3.63, 3.8) is 0 Å². The number of halogens is 1. The Bertz CT molecular complexity index is 1080. The average molecular weight is 419 g/mol. The van der Waals surface area contributed by atoms with Crippen molar-refractivity contribution in [3.8, 4) is 28.8 Å². The van der Waals surface area contributed by atoms with Gasteiger partial charge in [-0.05, 0) is 61.1 Å². The highest BCUT2D eigenvalue weighted by atomic mass is 19.1. The van der Waals surface area contributed by atoms with Crippen LogP contribution in [0.2, 0.25) is 0 Å². The molecule has 3 aromatic rings. The number of hydrogen-bond acceptors (Lipinski definition) is 4. The molecule has 0 saturated heterocycles. The van der Waals surface area contributed by atoms with Crippen molar-refractivity contribution in [2.75, 3.05) is 19.0 Å². The number of anilines is 1. The van der Waals surface area contributed by atoms with Gasteiger partial charge in [0.15, 0.2) is 0 Å². The summed E-state index contributed by atoms with van der Waals surface area (Å²) in [5.41, 5.74) is 2.30. The van der Waals surface area contributed by atoms with Gasteiger partial charge in [-0.15, -0.1) is 5.10 Å². The minimum Gasteiger partial charge on any atom is -0.497 e. The van der Waals surface area contributed by atoms with E-state index in [0.29, 0.717) is 11.5 Å². The van der Waals surface area contributed by atoms with Crippen molar-refractivity contribution in [1.29, 1.82) is 5.26 Å². The Hall–Kier alpha value is -3.33. The summed E-state index contributed by atoms with van der Waals surface area (Å²) in [6.45, 7) is 3.20. The third kappa shape index (κ3) is 4.72. The van der Waals surface area contributed by atoms with Crippen LogP contribution in [0.15, 0.2) is 48.5 Å². The van der Waals surface area contributed by atoms with E-state index in [1.165, 1.54) is 37.8 Å². The molecule has 0 aliphatic heterocycles. The second-order valence-electron chi connectivity index (χ2n) is 8.35. The van der Waals surface area contributed by atoms with E-state index in [4.69, 9.17) is 15.1 Å². The molecule has 0 bridgehead atoms. The van der Waals surface area contributed by atoms with Gasteiger partial charge in [-0.2, -0.15) is 5.26 Å². The summed E-state index contributed by atoms with van der Waals surface area (Å²) < 4.78 is 21.4. The van der Waals surface area contributed by atoms with Crippen LogP contribution < -0.4 is 10.1 Å². The van der Waals surface area contributed by atoms with E-state index < -0.39 is 5.82 Å². The van der Waals surface area contributed by atoms with Gasteiger partial charge in [0.25, 0.3) is 0 Å². The van der Waals surface area contributed by atoms with Crippen molar-refractivity contribution in [2.45, 2.75) is 32.6 Å². The fourth-order valence-corrected chi connectivity index (χ4v) is 4.35. The lowest BCUT2D eigenvalue weighted by molar-refractivity contribution is 0.293. The Morgan fingerprint density at radius 3 is 2.68 bits per heavy atom. The van der Waals surface area contributed by atoms with Gasteiger partial charge in [0.2, 0.25) is 0 Å². The largest absolute Gasteiger partial charge is 0.497 e. The third-order valence-electron chi connectivity index (χ3n) is 6.03. The first-order valence-electron chi connectivity index (χ1n) is 10.8. The molecule has 0 amide bonds. The van der Waals surface area contributed by atoms with Crippen LogP contribution in [0, 0.1) is 29.0 Å². The molecule has 1 aliphatic carbocycles. The molecule has 1 heterocycles. The molecule has 1 fully saturated rings. The van der Waals surface area contributed by atoms with Crippen LogP contribution in [-0.4, -0.2) is 23.4 Å². The van der Waals surface area contributed by atoms with Gasteiger partial charge in [0, 0.05) is 18.2 Å². The Labute approximate surface area is 182 Å².